The first-order chi connectivity index (χ1) is 9.52. The van der Waals surface area contributed by atoms with E-state index < -0.39 is 0 Å². The molecule has 0 aliphatic heterocycles. The van der Waals surface area contributed by atoms with Crippen LogP contribution in [0.5, 0.6) is 0 Å². The molecule has 0 aromatic heterocycles. The maximum Gasteiger partial charge on any atom is 0.305 e. The van der Waals surface area contributed by atoms with E-state index in [-0.39, 0.29) is 29.9 Å². The molecule has 1 aromatic rings. The standard InChI is InChI=1S/C15H23N3O2.HI/c1-11-7-8-13(10-12(11)2)18-15(16)17-9-5-4-6-14(19)20-3;/h7-8,10H,4-6,9H2,1-3H3,(H3,16,17,18);1H. The van der Waals surface area contributed by atoms with Crippen LogP contribution in [0.1, 0.15) is 30.4 Å². The second kappa shape index (κ2) is 10.4. The van der Waals surface area contributed by atoms with Gasteiger partial charge in [-0.3, -0.25) is 9.79 Å². The lowest BCUT2D eigenvalue weighted by molar-refractivity contribution is -0.140. The molecule has 3 N–H and O–H groups in total. The van der Waals surface area contributed by atoms with Crippen molar-refractivity contribution in [1.29, 1.82) is 0 Å². The smallest absolute Gasteiger partial charge is 0.305 e. The highest BCUT2D eigenvalue weighted by Gasteiger charge is 2.00. The third-order valence-electron chi connectivity index (χ3n) is 3.08. The number of guanidine groups is 1. The number of nitrogens with one attached hydrogen (secondary N) is 1. The first kappa shape index (κ1) is 19.7. The van der Waals surface area contributed by atoms with E-state index in [4.69, 9.17) is 5.73 Å². The predicted octanol–water partition coefficient (Wildman–Crippen LogP) is 2.99. The van der Waals surface area contributed by atoms with Crippen LogP contribution in [0.15, 0.2) is 23.2 Å². The van der Waals surface area contributed by atoms with Crippen molar-refractivity contribution in [2.24, 2.45) is 10.7 Å². The van der Waals surface area contributed by atoms with Crippen molar-refractivity contribution in [3.63, 3.8) is 0 Å². The zero-order valence-corrected chi connectivity index (χ0v) is 15.1. The number of aliphatic imine (C=N–C) groups is 1. The van der Waals surface area contributed by atoms with Crippen molar-refractivity contribution >= 4 is 41.6 Å². The van der Waals surface area contributed by atoms with E-state index in [0.29, 0.717) is 18.9 Å². The number of methoxy groups -OCH3 is 1. The quantitative estimate of drug-likeness (QED) is 0.251. The number of carbonyl (C=O) groups is 1. The minimum atomic E-state index is -0.185. The summed E-state index contributed by atoms with van der Waals surface area (Å²) in [6, 6.07) is 6.05. The van der Waals surface area contributed by atoms with Crippen LogP contribution in [-0.4, -0.2) is 25.6 Å². The molecule has 0 aliphatic carbocycles. The summed E-state index contributed by atoms with van der Waals surface area (Å²) in [7, 11) is 1.39. The number of benzene rings is 1. The molecule has 118 valence electrons. The van der Waals surface area contributed by atoms with Crippen LogP contribution < -0.4 is 11.1 Å². The summed E-state index contributed by atoms with van der Waals surface area (Å²) in [4.78, 5) is 15.1. The van der Waals surface area contributed by atoms with E-state index in [2.05, 4.69) is 28.9 Å². The molecular formula is C15H24IN3O2. The van der Waals surface area contributed by atoms with Crippen molar-refractivity contribution < 1.29 is 9.53 Å². The lowest BCUT2D eigenvalue weighted by atomic mass is 10.1. The number of ether oxygens (including phenoxy) is 1. The molecule has 0 amide bonds. The van der Waals surface area contributed by atoms with E-state index in [9.17, 15) is 4.79 Å². The second-order valence-corrected chi connectivity index (χ2v) is 4.72. The van der Waals surface area contributed by atoms with Crippen molar-refractivity contribution in [2.45, 2.75) is 33.1 Å². The minimum Gasteiger partial charge on any atom is -0.469 e. The molecule has 0 aliphatic rings. The Bertz CT molecular complexity index is 490. The van der Waals surface area contributed by atoms with Crippen LogP contribution in [0, 0.1) is 13.8 Å². The van der Waals surface area contributed by atoms with Gasteiger partial charge in [0.25, 0.3) is 0 Å². The third-order valence-corrected chi connectivity index (χ3v) is 3.08. The molecule has 6 heteroatoms. The Hall–Kier alpha value is -1.31. The molecule has 1 aromatic carbocycles. The Morgan fingerprint density at radius 3 is 2.62 bits per heavy atom. The molecule has 5 nitrogen and oxygen atoms in total. The molecule has 0 bridgehead atoms. The number of unbranched alkanes of at least 4 members (excludes halogenated alkanes) is 1. The molecule has 0 spiro atoms. The summed E-state index contributed by atoms with van der Waals surface area (Å²) in [5.74, 6) is 0.210. The van der Waals surface area contributed by atoms with Gasteiger partial charge in [-0.1, -0.05) is 6.07 Å². The van der Waals surface area contributed by atoms with Crippen molar-refractivity contribution in [3.05, 3.63) is 29.3 Å². The third kappa shape index (κ3) is 7.89. The fourth-order valence-corrected chi connectivity index (χ4v) is 1.69. The number of rotatable bonds is 6. The molecular weight excluding hydrogens is 381 g/mol. The second-order valence-electron chi connectivity index (χ2n) is 4.72. The van der Waals surface area contributed by atoms with E-state index in [1.54, 1.807) is 0 Å². The average molecular weight is 405 g/mol. The predicted molar refractivity (Wildman–Crippen MR) is 97.3 cm³/mol. The summed E-state index contributed by atoms with van der Waals surface area (Å²) >= 11 is 0. The van der Waals surface area contributed by atoms with Crippen molar-refractivity contribution in [2.75, 3.05) is 19.0 Å². The van der Waals surface area contributed by atoms with Crippen LogP contribution >= 0.6 is 24.0 Å². The van der Waals surface area contributed by atoms with Gasteiger partial charge >= 0.3 is 5.97 Å². The van der Waals surface area contributed by atoms with E-state index in [0.717, 1.165) is 18.5 Å². The number of aryl methyl sites for hydroxylation is 2. The van der Waals surface area contributed by atoms with Gasteiger partial charge in [0.2, 0.25) is 0 Å². The molecule has 0 saturated carbocycles. The fraction of sp³-hybridized carbons (Fsp3) is 0.467. The monoisotopic (exact) mass is 405 g/mol. The number of carbonyl (C=O) groups excluding carboxylic acids is 1. The fourth-order valence-electron chi connectivity index (χ4n) is 1.69. The SMILES string of the molecule is COC(=O)CCCCN=C(N)Nc1ccc(C)c(C)c1.I. The average Bonchev–Trinajstić information content (AvgIpc) is 2.42. The maximum atomic E-state index is 10.9. The number of nitrogens with zero attached hydrogens (tertiary/aromatic N) is 1. The summed E-state index contributed by atoms with van der Waals surface area (Å²) in [6.07, 6.45) is 1.99. The highest BCUT2D eigenvalue weighted by atomic mass is 127. The van der Waals surface area contributed by atoms with Crippen LogP contribution in [0.2, 0.25) is 0 Å². The molecule has 21 heavy (non-hydrogen) atoms. The Kier molecular flexibility index (Phi) is 9.77. The van der Waals surface area contributed by atoms with Crippen LogP contribution in [-0.2, 0) is 9.53 Å². The lowest BCUT2D eigenvalue weighted by Gasteiger charge is -2.08. The van der Waals surface area contributed by atoms with Gasteiger partial charge in [0, 0.05) is 18.7 Å². The van der Waals surface area contributed by atoms with Crippen molar-refractivity contribution in [3.8, 4) is 0 Å². The van der Waals surface area contributed by atoms with Crippen molar-refractivity contribution in [1.82, 2.24) is 0 Å². The highest BCUT2D eigenvalue weighted by Crippen LogP contribution is 2.13. The van der Waals surface area contributed by atoms with Gasteiger partial charge in [0.05, 0.1) is 7.11 Å². The number of hydrogen-bond acceptors (Lipinski definition) is 3. The van der Waals surface area contributed by atoms with Gasteiger partial charge in [0.1, 0.15) is 0 Å². The molecule has 0 heterocycles. The summed E-state index contributed by atoms with van der Waals surface area (Å²) in [5.41, 5.74) is 9.20. The van der Waals surface area contributed by atoms with Crippen LogP contribution in [0.3, 0.4) is 0 Å². The molecule has 0 saturated heterocycles. The Labute approximate surface area is 143 Å². The van der Waals surface area contributed by atoms with Crippen LogP contribution in [0.4, 0.5) is 5.69 Å². The Morgan fingerprint density at radius 2 is 2.00 bits per heavy atom. The number of hydrogen-bond donors (Lipinski definition) is 2. The highest BCUT2D eigenvalue weighted by molar-refractivity contribution is 14.0. The maximum absolute atomic E-state index is 10.9. The van der Waals surface area contributed by atoms with E-state index in [1.807, 2.05) is 18.2 Å². The Balaban J connectivity index is 0.00000400. The largest absolute Gasteiger partial charge is 0.469 e. The zero-order chi connectivity index (χ0) is 15.0. The van der Waals surface area contributed by atoms with Gasteiger partial charge in [-0.05, 0) is 49.9 Å². The lowest BCUT2D eigenvalue weighted by Crippen LogP contribution is -2.22. The molecule has 1 rings (SSSR count). The summed E-state index contributed by atoms with van der Waals surface area (Å²) in [6.45, 7) is 4.72. The normalized spacial score (nSPS) is 10.7. The number of nitrogens with two attached hydrogens (primary N) is 1. The van der Waals surface area contributed by atoms with E-state index >= 15 is 0 Å². The van der Waals surface area contributed by atoms with E-state index in [1.165, 1.54) is 18.2 Å². The first-order valence-corrected chi connectivity index (χ1v) is 6.74. The summed E-state index contributed by atoms with van der Waals surface area (Å²) in [5, 5.41) is 3.06. The Morgan fingerprint density at radius 1 is 1.29 bits per heavy atom. The number of esters is 1. The molecule has 0 atom stereocenters. The minimum absolute atomic E-state index is 0. The molecule has 0 unspecified atom stereocenters. The topological polar surface area (TPSA) is 76.7 Å². The number of anilines is 1. The van der Waals surface area contributed by atoms with Gasteiger partial charge in [-0.15, -0.1) is 24.0 Å². The molecule has 0 radical (unpaired) electrons. The number of halogens is 1. The molecule has 0 fully saturated rings. The first-order valence-electron chi connectivity index (χ1n) is 6.74. The van der Waals surface area contributed by atoms with Gasteiger partial charge < -0.3 is 15.8 Å². The van der Waals surface area contributed by atoms with Gasteiger partial charge in [0.15, 0.2) is 5.96 Å². The van der Waals surface area contributed by atoms with Gasteiger partial charge in [-0.25, -0.2) is 0 Å². The van der Waals surface area contributed by atoms with Crippen LogP contribution in [0.25, 0.3) is 0 Å². The zero-order valence-electron chi connectivity index (χ0n) is 12.8. The summed E-state index contributed by atoms with van der Waals surface area (Å²) < 4.78 is 4.57. The van der Waals surface area contributed by atoms with Gasteiger partial charge in [-0.2, -0.15) is 0 Å².